The number of rotatable bonds is 8. The molecule has 0 atom stereocenters. The van der Waals surface area contributed by atoms with Gasteiger partial charge in [0.25, 0.3) is 5.91 Å². The molecular formula is C23H22N2O4S2. The summed E-state index contributed by atoms with van der Waals surface area (Å²) in [6, 6.07) is 18.6. The third-order valence-corrected chi connectivity index (χ3v) is 6.43. The summed E-state index contributed by atoms with van der Waals surface area (Å²) in [4.78, 5) is 39.2. The van der Waals surface area contributed by atoms with Crippen LogP contribution in [0, 0.1) is 6.92 Å². The smallest absolute Gasteiger partial charge is 0.348 e. The minimum Gasteiger partial charge on any atom is -0.462 e. The van der Waals surface area contributed by atoms with Crippen molar-refractivity contribution in [2.45, 2.75) is 18.7 Å². The summed E-state index contributed by atoms with van der Waals surface area (Å²) in [7, 11) is 0. The minimum atomic E-state index is -0.516. The van der Waals surface area contributed by atoms with Gasteiger partial charge in [-0.1, -0.05) is 36.4 Å². The van der Waals surface area contributed by atoms with Crippen molar-refractivity contribution in [2.75, 3.05) is 23.0 Å². The molecule has 160 valence electrons. The van der Waals surface area contributed by atoms with E-state index in [1.165, 1.54) is 11.8 Å². The number of ether oxygens (including phenoxy) is 1. The lowest BCUT2D eigenvalue weighted by Crippen LogP contribution is -2.18. The number of hydrogen-bond donors (Lipinski definition) is 2. The second-order valence-corrected chi connectivity index (χ2v) is 8.52. The lowest BCUT2D eigenvalue weighted by atomic mass is 10.1. The number of carbonyl (C=O) groups excluding carboxylic acids is 3. The third-order valence-electron chi connectivity index (χ3n) is 4.23. The number of anilines is 2. The van der Waals surface area contributed by atoms with Gasteiger partial charge in [0.1, 0.15) is 9.88 Å². The molecule has 0 saturated carbocycles. The second-order valence-electron chi connectivity index (χ2n) is 6.45. The maximum atomic E-state index is 13.0. The fraction of sp³-hybridized carbons (Fsp3) is 0.174. The molecule has 0 unspecified atom stereocenters. The van der Waals surface area contributed by atoms with Crippen LogP contribution in [0.15, 0.2) is 65.6 Å². The summed E-state index contributed by atoms with van der Waals surface area (Å²) < 4.78 is 5.11. The fourth-order valence-electron chi connectivity index (χ4n) is 2.81. The Balaban J connectivity index is 1.82. The first-order chi connectivity index (χ1) is 15.0. The van der Waals surface area contributed by atoms with Crippen LogP contribution in [0.1, 0.15) is 32.5 Å². The molecule has 0 aliphatic rings. The molecule has 0 radical (unpaired) electrons. The molecule has 6 nitrogen and oxygen atoms in total. The highest BCUT2D eigenvalue weighted by atomic mass is 32.2. The monoisotopic (exact) mass is 454 g/mol. The molecule has 0 saturated heterocycles. The van der Waals surface area contributed by atoms with E-state index >= 15 is 0 Å². The third kappa shape index (κ3) is 5.96. The van der Waals surface area contributed by atoms with Gasteiger partial charge in [-0.15, -0.1) is 23.1 Å². The van der Waals surface area contributed by atoms with Crippen molar-refractivity contribution in [3.8, 4) is 0 Å². The number of carbonyl (C=O) groups is 3. The Morgan fingerprint density at radius 1 is 0.968 bits per heavy atom. The van der Waals surface area contributed by atoms with E-state index in [0.717, 1.165) is 16.2 Å². The van der Waals surface area contributed by atoms with E-state index < -0.39 is 11.9 Å². The molecule has 31 heavy (non-hydrogen) atoms. The van der Waals surface area contributed by atoms with E-state index in [-0.39, 0.29) is 23.8 Å². The standard InChI is InChI=1S/C23H22N2O4S2/c1-3-29-23(28)20-15(2)19(21(27)24-16-10-6-4-7-11-16)22(31-20)25-18(26)14-30-17-12-8-5-9-13-17/h4-13H,3,14H2,1-2H3,(H,24,27)(H,25,26). The molecule has 3 aromatic rings. The molecule has 1 heterocycles. The van der Waals surface area contributed by atoms with Crippen molar-refractivity contribution in [1.29, 1.82) is 0 Å². The van der Waals surface area contributed by atoms with Crippen LogP contribution < -0.4 is 10.6 Å². The van der Waals surface area contributed by atoms with E-state index in [1.807, 2.05) is 48.5 Å². The van der Waals surface area contributed by atoms with Crippen LogP contribution in [0.2, 0.25) is 0 Å². The Morgan fingerprint density at radius 2 is 1.61 bits per heavy atom. The maximum absolute atomic E-state index is 13.0. The highest BCUT2D eigenvalue weighted by Crippen LogP contribution is 2.34. The van der Waals surface area contributed by atoms with Crippen LogP contribution in [0.25, 0.3) is 0 Å². The normalized spacial score (nSPS) is 10.4. The number of esters is 1. The SMILES string of the molecule is CCOC(=O)c1sc(NC(=O)CSc2ccccc2)c(C(=O)Nc2ccccc2)c1C. The molecule has 2 amide bonds. The summed E-state index contributed by atoms with van der Waals surface area (Å²) in [5.74, 6) is -1.01. The van der Waals surface area contributed by atoms with E-state index in [1.54, 1.807) is 26.0 Å². The minimum absolute atomic E-state index is 0.176. The largest absolute Gasteiger partial charge is 0.462 e. The van der Waals surface area contributed by atoms with Gasteiger partial charge >= 0.3 is 5.97 Å². The van der Waals surface area contributed by atoms with Crippen molar-refractivity contribution in [3.63, 3.8) is 0 Å². The van der Waals surface area contributed by atoms with E-state index in [4.69, 9.17) is 4.74 Å². The molecule has 1 aromatic heterocycles. The predicted octanol–water partition coefficient (Wildman–Crippen LogP) is 5.22. The van der Waals surface area contributed by atoms with Crippen LogP contribution in [0.4, 0.5) is 10.7 Å². The van der Waals surface area contributed by atoms with Crippen LogP contribution in [-0.4, -0.2) is 30.1 Å². The number of nitrogens with one attached hydrogen (secondary N) is 2. The molecule has 2 N–H and O–H groups in total. The Bertz CT molecular complexity index is 1070. The number of benzene rings is 2. The number of hydrogen-bond acceptors (Lipinski definition) is 6. The Kier molecular flexibility index (Phi) is 7.86. The summed E-state index contributed by atoms with van der Waals surface area (Å²) >= 11 is 2.44. The van der Waals surface area contributed by atoms with Gasteiger partial charge in [0.05, 0.1) is 17.9 Å². The zero-order valence-corrected chi connectivity index (χ0v) is 18.8. The number of thiophene rings is 1. The first-order valence-corrected chi connectivity index (χ1v) is 11.4. The fourth-order valence-corrected chi connectivity index (χ4v) is 4.64. The van der Waals surface area contributed by atoms with Crippen molar-refractivity contribution in [3.05, 3.63) is 76.7 Å². The highest BCUT2D eigenvalue weighted by molar-refractivity contribution is 8.00. The van der Waals surface area contributed by atoms with Crippen LogP contribution in [0.3, 0.4) is 0 Å². The molecule has 3 rings (SSSR count). The van der Waals surface area contributed by atoms with Crippen LogP contribution in [-0.2, 0) is 9.53 Å². The van der Waals surface area contributed by atoms with Gasteiger partial charge in [-0.05, 0) is 43.7 Å². The van der Waals surface area contributed by atoms with E-state index in [2.05, 4.69) is 10.6 Å². The Labute approximate surface area is 189 Å². The van der Waals surface area contributed by atoms with Crippen LogP contribution >= 0.6 is 23.1 Å². The molecule has 2 aromatic carbocycles. The molecular weight excluding hydrogens is 432 g/mol. The topological polar surface area (TPSA) is 84.5 Å². The average Bonchev–Trinajstić information content (AvgIpc) is 3.09. The van der Waals surface area contributed by atoms with Crippen molar-refractivity contribution in [1.82, 2.24) is 0 Å². The quantitative estimate of drug-likeness (QED) is 0.360. The zero-order chi connectivity index (χ0) is 22.2. The predicted molar refractivity (Wildman–Crippen MR) is 125 cm³/mol. The van der Waals surface area contributed by atoms with Crippen molar-refractivity contribution in [2.24, 2.45) is 0 Å². The highest BCUT2D eigenvalue weighted by Gasteiger charge is 2.26. The van der Waals surface area contributed by atoms with Gasteiger partial charge in [-0.2, -0.15) is 0 Å². The lowest BCUT2D eigenvalue weighted by Gasteiger charge is -2.09. The molecule has 0 spiro atoms. The summed E-state index contributed by atoms with van der Waals surface area (Å²) in [6.45, 7) is 3.61. The number of amides is 2. The Hall–Kier alpha value is -3.10. The summed E-state index contributed by atoms with van der Waals surface area (Å²) in [5, 5.41) is 5.94. The summed E-state index contributed by atoms with van der Waals surface area (Å²) in [5.41, 5.74) is 1.35. The van der Waals surface area contributed by atoms with E-state index in [9.17, 15) is 14.4 Å². The van der Waals surface area contributed by atoms with Gasteiger partial charge in [0.15, 0.2) is 0 Å². The first kappa shape index (κ1) is 22.6. The van der Waals surface area contributed by atoms with Crippen LogP contribution in [0.5, 0.6) is 0 Å². The lowest BCUT2D eigenvalue weighted by molar-refractivity contribution is -0.113. The Morgan fingerprint density at radius 3 is 2.26 bits per heavy atom. The van der Waals surface area contributed by atoms with Crippen molar-refractivity contribution >= 4 is 51.6 Å². The van der Waals surface area contributed by atoms with Gasteiger partial charge in [-0.25, -0.2) is 4.79 Å². The summed E-state index contributed by atoms with van der Waals surface area (Å²) in [6.07, 6.45) is 0. The first-order valence-electron chi connectivity index (χ1n) is 9.64. The van der Waals surface area contributed by atoms with Crippen molar-refractivity contribution < 1.29 is 19.1 Å². The molecule has 0 fully saturated rings. The average molecular weight is 455 g/mol. The number of thioether (sulfide) groups is 1. The van der Waals surface area contributed by atoms with Gasteiger partial charge in [0, 0.05) is 10.6 Å². The molecule has 0 aliphatic heterocycles. The molecule has 8 heteroatoms. The number of para-hydroxylation sites is 1. The molecule has 0 bridgehead atoms. The maximum Gasteiger partial charge on any atom is 0.348 e. The zero-order valence-electron chi connectivity index (χ0n) is 17.1. The second kappa shape index (κ2) is 10.8. The molecule has 0 aliphatic carbocycles. The van der Waals surface area contributed by atoms with Gasteiger partial charge in [-0.3, -0.25) is 9.59 Å². The van der Waals surface area contributed by atoms with Gasteiger partial charge in [0.2, 0.25) is 5.91 Å². The van der Waals surface area contributed by atoms with Gasteiger partial charge < -0.3 is 15.4 Å². The van der Waals surface area contributed by atoms with E-state index in [0.29, 0.717) is 21.1 Å².